The summed E-state index contributed by atoms with van der Waals surface area (Å²) in [4.78, 5) is 18.6. The zero-order valence-corrected chi connectivity index (χ0v) is 28.2. The van der Waals surface area contributed by atoms with Crippen LogP contribution in [0.1, 0.15) is 43.6 Å². The molecular formula is C32H40F3N9O2Si. The monoisotopic (exact) mass is 667 g/mol. The Hall–Kier alpha value is -3.87. The molecule has 0 atom stereocenters. The van der Waals surface area contributed by atoms with Crippen LogP contribution >= 0.6 is 0 Å². The molecule has 15 heteroatoms. The lowest BCUT2D eigenvalue weighted by Crippen LogP contribution is -2.58. The van der Waals surface area contributed by atoms with Crippen LogP contribution in [0.5, 0.6) is 5.88 Å². The predicted octanol–water partition coefficient (Wildman–Crippen LogP) is 6.04. The van der Waals surface area contributed by atoms with Crippen LogP contribution in [-0.4, -0.2) is 79.1 Å². The fraction of sp³-hybridized carbons (Fsp3) is 0.562. The number of aryl methyl sites for hydroxylation is 1. The van der Waals surface area contributed by atoms with Crippen LogP contribution in [0.2, 0.25) is 25.7 Å². The maximum absolute atomic E-state index is 13.2. The number of nitrogens with zero attached hydrogens (tertiary/aromatic N) is 9. The summed E-state index contributed by atoms with van der Waals surface area (Å²) in [5.41, 5.74) is 2.25. The Labute approximate surface area is 272 Å². The highest BCUT2D eigenvalue weighted by atomic mass is 28.3. The van der Waals surface area contributed by atoms with Crippen LogP contribution in [-0.2, 0) is 23.2 Å². The molecule has 0 aromatic carbocycles. The van der Waals surface area contributed by atoms with Crippen molar-refractivity contribution in [2.45, 2.75) is 95.3 Å². The van der Waals surface area contributed by atoms with E-state index in [0.717, 1.165) is 60.9 Å². The zero-order valence-electron chi connectivity index (χ0n) is 27.2. The van der Waals surface area contributed by atoms with Crippen molar-refractivity contribution in [3.05, 3.63) is 48.6 Å². The lowest BCUT2D eigenvalue weighted by atomic mass is 9.69. The van der Waals surface area contributed by atoms with Gasteiger partial charge in [0, 0.05) is 68.9 Å². The smallest absolute Gasteiger partial charge is 0.451 e. The highest BCUT2D eigenvalue weighted by Crippen LogP contribution is 2.45. The first-order valence-electron chi connectivity index (χ1n) is 16.0. The minimum absolute atomic E-state index is 0.0437. The maximum atomic E-state index is 13.2. The molecule has 2 aliphatic rings. The Balaban J connectivity index is 1.08. The number of hydrogen-bond donors (Lipinski definition) is 0. The van der Waals surface area contributed by atoms with Gasteiger partial charge in [0.05, 0.1) is 29.9 Å². The third-order valence-electron chi connectivity index (χ3n) is 9.13. The average molecular weight is 668 g/mol. The molecule has 5 heterocycles. The molecule has 1 saturated carbocycles. The average Bonchev–Trinajstić information content (AvgIpc) is 3.64. The standard InChI is InChI=1S/C32H40F3N9O2Si/c1-22-15-27(41-30(40-22)32(33,34)35)46-25-5-10-42(11-6-25)24-16-31(17-24,8-9-36)44-19-23(18-39-44)28-26-7-12-43(29(26)38-20-37-28)21-45-13-14-47(2,3)4/h7,12,15,18-20,24-25H,5-6,8,10-11,13-14,16-17,21H2,1-4H3/t24-,31-. The van der Waals surface area contributed by atoms with Crippen LogP contribution in [0.4, 0.5) is 13.2 Å². The number of hydrogen-bond acceptors (Lipinski definition) is 9. The number of likely N-dealkylation sites (tertiary alicyclic amines) is 1. The Morgan fingerprint density at radius 3 is 2.60 bits per heavy atom. The highest BCUT2D eigenvalue weighted by molar-refractivity contribution is 6.76. The number of ether oxygens (including phenoxy) is 2. The summed E-state index contributed by atoms with van der Waals surface area (Å²) in [6.45, 7) is 11.1. The van der Waals surface area contributed by atoms with Gasteiger partial charge in [-0.25, -0.2) is 15.0 Å². The van der Waals surface area contributed by atoms with Crippen LogP contribution < -0.4 is 4.74 Å². The van der Waals surface area contributed by atoms with E-state index >= 15 is 0 Å². The van der Waals surface area contributed by atoms with Crippen molar-refractivity contribution in [2.75, 3.05) is 19.7 Å². The molecule has 0 bridgehead atoms. The number of piperidine rings is 1. The van der Waals surface area contributed by atoms with Crippen LogP contribution in [0.3, 0.4) is 0 Å². The van der Waals surface area contributed by atoms with Crippen molar-refractivity contribution in [1.29, 1.82) is 5.26 Å². The molecule has 4 aromatic rings. The van der Waals surface area contributed by atoms with Gasteiger partial charge in [-0.1, -0.05) is 19.6 Å². The molecule has 0 spiro atoms. The van der Waals surface area contributed by atoms with Crippen LogP contribution in [0.25, 0.3) is 22.3 Å². The largest absolute Gasteiger partial charge is 0.474 e. The molecule has 2 fully saturated rings. The van der Waals surface area contributed by atoms with Gasteiger partial charge in [-0.15, -0.1) is 0 Å². The first-order valence-corrected chi connectivity index (χ1v) is 19.7. The fourth-order valence-electron chi connectivity index (χ4n) is 6.48. The number of rotatable bonds is 11. The van der Waals surface area contributed by atoms with E-state index in [1.165, 1.54) is 13.0 Å². The summed E-state index contributed by atoms with van der Waals surface area (Å²) in [6.07, 6.45) is 5.69. The third-order valence-corrected chi connectivity index (χ3v) is 10.8. The van der Waals surface area contributed by atoms with E-state index in [1.54, 1.807) is 12.5 Å². The number of nitriles is 1. The quantitative estimate of drug-likeness (QED) is 0.139. The van der Waals surface area contributed by atoms with Gasteiger partial charge in [0.1, 0.15) is 24.8 Å². The van der Waals surface area contributed by atoms with Gasteiger partial charge in [-0.05, 0) is 44.7 Å². The van der Waals surface area contributed by atoms with Crippen LogP contribution in [0.15, 0.2) is 37.1 Å². The Morgan fingerprint density at radius 2 is 1.89 bits per heavy atom. The second kappa shape index (κ2) is 13.0. The SMILES string of the molecule is Cc1cc(OC2CCN([C@H]3C[C@](CC#N)(n4cc(-c5ncnc6c5ccn6COCC[Si](C)(C)C)cn4)C3)CC2)nc(C(F)(F)F)n1. The molecule has 0 unspecified atom stereocenters. The molecule has 0 N–H and O–H groups in total. The van der Waals surface area contributed by atoms with Crippen molar-refractivity contribution in [3.8, 4) is 23.2 Å². The van der Waals surface area contributed by atoms with Gasteiger partial charge < -0.3 is 14.0 Å². The van der Waals surface area contributed by atoms with Crippen molar-refractivity contribution < 1.29 is 22.6 Å². The topological polar surface area (TPSA) is 120 Å². The molecule has 6 rings (SSSR count). The minimum Gasteiger partial charge on any atom is -0.474 e. The molecular weight excluding hydrogens is 627 g/mol. The second-order valence-electron chi connectivity index (χ2n) is 13.9. The van der Waals surface area contributed by atoms with Gasteiger partial charge in [0.15, 0.2) is 0 Å². The highest BCUT2D eigenvalue weighted by Gasteiger charge is 2.49. The van der Waals surface area contributed by atoms with Gasteiger partial charge in [0.25, 0.3) is 0 Å². The predicted molar refractivity (Wildman–Crippen MR) is 171 cm³/mol. The normalized spacial score (nSPS) is 21.1. The van der Waals surface area contributed by atoms with E-state index in [2.05, 4.69) is 50.5 Å². The van der Waals surface area contributed by atoms with Gasteiger partial charge >= 0.3 is 6.18 Å². The summed E-state index contributed by atoms with van der Waals surface area (Å²) in [5.74, 6) is -1.23. The molecule has 1 aliphatic heterocycles. The van der Waals surface area contributed by atoms with Crippen molar-refractivity contribution in [3.63, 3.8) is 0 Å². The Bertz CT molecular complexity index is 1750. The van der Waals surface area contributed by atoms with E-state index in [0.29, 0.717) is 26.0 Å². The van der Waals surface area contributed by atoms with Gasteiger partial charge in [-0.2, -0.15) is 28.5 Å². The molecule has 4 aromatic heterocycles. The number of halogens is 3. The molecule has 1 aliphatic carbocycles. The molecule has 47 heavy (non-hydrogen) atoms. The summed E-state index contributed by atoms with van der Waals surface area (Å²) in [7, 11) is -1.17. The lowest BCUT2D eigenvalue weighted by Gasteiger charge is -2.52. The van der Waals surface area contributed by atoms with Gasteiger partial charge in [-0.3, -0.25) is 9.58 Å². The van der Waals surface area contributed by atoms with E-state index < -0.39 is 25.6 Å². The third kappa shape index (κ3) is 7.34. The molecule has 11 nitrogen and oxygen atoms in total. The Kier molecular flexibility index (Phi) is 9.12. The van der Waals surface area contributed by atoms with Crippen LogP contribution in [0, 0.1) is 18.3 Å². The van der Waals surface area contributed by atoms with Crippen molar-refractivity contribution in [2.24, 2.45) is 0 Å². The van der Waals surface area contributed by atoms with Crippen molar-refractivity contribution >= 4 is 19.1 Å². The maximum Gasteiger partial charge on any atom is 0.451 e. The summed E-state index contributed by atoms with van der Waals surface area (Å²) in [5, 5.41) is 15.4. The number of aromatic nitrogens is 7. The van der Waals surface area contributed by atoms with E-state index in [1.807, 2.05) is 27.7 Å². The minimum atomic E-state index is -4.63. The molecule has 1 saturated heterocycles. The van der Waals surface area contributed by atoms with Crippen molar-refractivity contribution in [1.82, 2.24) is 39.2 Å². The lowest BCUT2D eigenvalue weighted by molar-refractivity contribution is -0.145. The zero-order chi connectivity index (χ0) is 33.4. The Morgan fingerprint density at radius 1 is 1.13 bits per heavy atom. The van der Waals surface area contributed by atoms with E-state index in [4.69, 9.17) is 14.6 Å². The molecule has 0 radical (unpaired) electrons. The van der Waals surface area contributed by atoms with E-state index in [9.17, 15) is 18.4 Å². The number of alkyl halides is 3. The molecule has 250 valence electrons. The summed E-state index contributed by atoms with van der Waals surface area (Å²) >= 11 is 0. The first kappa shape index (κ1) is 33.0. The number of fused-ring (bicyclic) bond motifs is 1. The summed E-state index contributed by atoms with van der Waals surface area (Å²) < 4.78 is 55.2. The van der Waals surface area contributed by atoms with Gasteiger partial charge in [0.2, 0.25) is 11.7 Å². The first-order chi connectivity index (χ1) is 22.3. The fourth-order valence-corrected chi connectivity index (χ4v) is 7.23. The molecule has 0 amide bonds. The summed E-state index contributed by atoms with van der Waals surface area (Å²) in [6, 6.07) is 7.19. The van der Waals surface area contributed by atoms with E-state index in [-0.39, 0.29) is 23.7 Å². The second-order valence-corrected chi connectivity index (χ2v) is 19.5.